The van der Waals surface area contributed by atoms with Gasteiger partial charge in [0.15, 0.2) is 5.16 Å². The van der Waals surface area contributed by atoms with Crippen molar-refractivity contribution in [2.24, 2.45) is 0 Å². The zero-order valence-electron chi connectivity index (χ0n) is 11.4. The van der Waals surface area contributed by atoms with Crippen LogP contribution in [0.1, 0.15) is 13.8 Å². The van der Waals surface area contributed by atoms with Gasteiger partial charge in [-0.2, -0.15) is 9.97 Å². The fourth-order valence-corrected chi connectivity index (χ4v) is 1.71. The van der Waals surface area contributed by atoms with Crippen molar-refractivity contribution in [3.05, 3.63) is 21.8 Å². The largest absolute Gasteiger partial charge is 0.367 e. The lowest BCUT2D eigenvalue weighted by Crippen LogP contribution is -2.09. The minimum atomic E-state index is -0.485. The van der Waals surface area contributed by atoms with Crippen molar-refractivity contribution in [2.75, 3.05) is 30.5 Å². The average molecular weight is 283 g/mol. The first-order valence-electron chi connectivity index (χ1n) is 5.65. The maximum Gasteiger partial charge on any atom is 0.353 e. The van der Waals surface area contributed by atoms with Crippen LogP contribution in [0.25, 0.3) is 0 Å². The summed E-state index contributed by atoms with van der Waals surface area (Å²) in [5.74, 6) is 0.440. The van der Waals surface area contributed by atoms with Gasteiger partial charge in [0.05, 0.1) is 4.92 Å². The third kappa shape index (κ3) is 4.09. The van der Waals surface area contributed by atoms with Crippen LogP contribution in [0.2, 0.25) is 0 Å². The lowest BCUT2D eigenvalue weighted by Gasteiger charge is -2.09. The lowest BCUT2D eigenvalue weighted by atomic mass is 10.3. The Kier molecular flexibility index (Phi) is 5.56. The molecule has 1 rings (SSSR count). The first-order chi connectivity index (χ1) is 8.99. The lowest BCUT2D eigenvalue weighted by molar-refractivity contribution is -0.383. The van der Waals surface area contributed by atoms with Gasteiger partial charge < -0.3 is 10.6 Å². The van der Waals surface area contributed by atoms with Crippen molar-refractivity contribution < 1.29 is 4.92 Å². The zero-order chi connectivity index (χ0) is 14.4. The number of nitrogens with zero attached hydrogens (tertiary/aromatic N) is 3. The molecule has 8 heteroatoms. The van der Waals surface area contributed by atoms with Crippen LogP contribution >= 0.6 is 11.8 Å². The maximum absolute atomic E-state index is 11.1. The third-order valence-corrected chi connectivity index (χ3v) is 2.79. The Labute approximate surface area is 116 Å². The fraction of sp³-hybridized carbons (Fsp3) is 0.455. The van der Waals surface area contributed by atoms with Gasteiger partial charge in [0.2, 0.25) is 11.6 Å². The molecule has 2 N–H and O–H groups in total. The van der Waals surface area contributed by atoms with Crippen molar-refractivity contribution in [3.8, 4) is 0 Å². The summed E-state index contributed by atoms with van der Waals surface area (Å²) in [6.07, 6.45) is 3.75. The van der Waals surface area contributed by atoms with E-state index in [1.54, 1.807) is 7.05 Å². The Bertz CT molecular complexity index is 500. The van der Waals surface area contributed by atoms with Crippen LogP contribution in [0.3, 0.4) is 0 Å². The number of hydrogen-bond acceptors (Lipinski definition) is 7. The van der Waals surface area contributed by atoms with E-state index in [9.17, 15) is 10.1 Å². The van der Waals surface area contributed by atoms with E-state index in [0.717, 1.165) is 5.57 Å². The molecule has 104 valence electrons. The van der Waals surface area contributed by atoms with Crippen molar-refractivity contribution in [1.82, 2.24) is 9.97 Å². The molecular formula is C11H17N5O2S. The number of hydrogen-bond donors (Lipinski definition) is 2. The molecule has 19 heavy (non-hydrogen) atoms. The van der Waals surface area contributed by atoms with E-state index in [-0.39, 0.29) is 17.3 Å². The van der Waals surface area contributed by atoms with E-state index >= 15 is 0 Å². The predicted octanol–water partition coefficient (Wildman–Crippen LogP) is 2.53. The van der Waals surface area contributed by atoms with Crippen molar-refractivity contribution in [3.63, 3.8) is 0 Å². The van der Waals surface area contributed by atoms with Crippen LogP contribution in [0.4, 0.5) is 17.3 Å². The maximum atomic E-state index is 11.1. The molecule has 7 nitrogen and oxygen atoms in total. The smallest absolute Gasteiger partial charge is 0.353 e. The summed E-state index contributed by atoms with van der Waals surface area (Å²) in [7, 11) is 1.60. The van der Waals surface area contributed by atoms with Crippen molar-refractivity contribution in [2.45, 2.75) is 19.0 Å². The van der Waals surface area contributed by atoms with Gasteiger partial charge in [0.25, 0.3) is 0 Å². The van der Waals surface area contributed by atoms with E-state index < -0.39 is 4.92 Å². The molecule has 0 saturated carbocycles. The Morgan fingerprint density at radius 3 is 2.53 bits per heavy atom. The molecule has 1 aromatic rings. The Balaban J connectivity index is 3.17. The molecule has 0 fully saturated rings. The molecule has 1 heterocycles. The summed E-state index contributed by atoms with van der Waals surface area (Å²) in [5, 5.41) is 17.3. The number of nitrogens with one attached hydrogen (secondary N) is 2. The van der Waals surface area contributed by atoms with Crippen LogP contribution in [0.5, 0.6) is 0 Å². The highest BCUT2D eigenvalue weighted by Gasteiger charge is 2.23. The molecule has 1 aromatic heterocycles. The minimum absolute atomic E-state index is 0.137. The number of rotatable bonds is 6. The van der Waals surface area contributed by atoms with Crippen molar-refractivity contribution >= 4 is 29.1 Å². The Morgan fingerprint density at radius 1 is 1.42 bits per heavy atom. The van der Waals surface area contributed by atoms with E-state index in [1.165, 1.54) is 11.8 Å². The molecule has 0 aliphatic rings. The van der Waals surface area contributed by atoms with Gasteiger partial charge in [-0.25, -0.2) is 0 Å². The number of aromatic nitrogens is 2. The molecule has 0 atom stereocenters. The van der Waals surface area contributed by atoms with Crippen molar-refractivity contribution in [1.29, 1.82) is 0 Å². The molecule has 0 bridgehead atoms. The number of allylic oxidation sites excluding steroid dienone is 1. The quantitative estimate of drug-likeness (QED) is 0.272. The summed E-state index contributed by atoms with van der Waals surface area (Å²) in [6, 6.07) is 0. The summed E-state index contributed by atoms with van der Waals surface area (Å²) < 4.78 is 0. The SMILES string of the molecule is CNc1nc(SC)nc(NCC=C(C)C)c1[N+](=O)[O-]. The number of thioether (sulfide) groups is 1. The second-order valence-corrected chi connectivity index (χ2v) is 4.70. The highest BCUT2D eigenvalue weighted by Crippen LogP contribution is 2.31. The van der Waals surface area contributed by atoms with Gasteiger partial charge in [-0.05, 0) is 20.1 Å². The second-order valence-electron chi connectivity index (χ2n) is 3.93. The van der Waals surface area contributed by atoms with E-state index in [4.69, 9.17) is 0 Å². The Hall–Kier alpha value is -1.83. The molecule has 0 saturated heterocycles. The predicted molar refractivity (Wildman–Crippen MR) is 77.9 cm³/mol. The molecule has 0 amide bonds. The van der Waals surface area contributed by atoms with Gasteiger partial charge in [-0.15, -0.1) is 0 Å². The first-order valence-corrected chi connectivity index (χ1v) is 6.87. The zero-order valence-corrected chi connectivity index (χ0v) is 12.2. The number of nitro groups is 1. The van der Waals surface area contributed by atoms with Gasteiger partial charge in [-0.3, -0.25) is 10.1 Å². The minimum Gasteiger partial charge on any atom is -0.367 e. The molecule has 0 unspecified atom stereocenters. The number of anilines is 2. The molecular weight excluding hydrogens is 266 g/mol. The van der Waals surface area contributed by atoms with Crippen LogP contribution in [-0.2, 0) is 0 Å². The van der Waals surface area contributed by atoms with Gasteiger partial charge >= 0.3 is 5.69 Å². The van der Waals surface area contributed by atoms with E-state index in [0.29, 0.717) is 11.7 Å². The summed E-state index contributed by atoms with van der Waals surface area (Å²) in [4.78, 5) is 18.9. The van der Waals surface area contributed by atoms with E-state index in [2.05, 4.69) is 20.6 Å². The summed E-state index contributed by atoms with van der Waals surface area (Å²) >= 11 is 1.33. The average Bonchev–Trinajstić information content (AvgIpc) is 2.36. The van der Waals surface area contributed by atoms with E-state index in [1.807, 2.05) is 26.2 Å². The molecule has 0 aliphatic carbocycles. The molecule has 0 spiro atoms. The molecule has 0 radical (unpaired) electrons. The first kappa shape index (κ1) is 15.2. The van der Waals surface area contributed by atoms with Crippen LogP contribution in [0, 0.1) is 10.1 Å². The normalized spacial score (nSPS) is 9.89. The highest BCUT2D eigenvalue weighted by atomic mass is 32.2. The topological polar surface area (TPSA) is 93.0 Å². The summed E-state index contributed by atoms with van der Waals surface area (Å²) in [6.45, 7) is 4.40. The Morgan fingerprint density at radius 2 is 2.05 bits per heavy atom. The second kappa shape index (κ2) is 6.93. The standard InChI is InChI=1S/C11H17N5O2S/c1-7(2)5-6-13-10-8(16(17)18)9(12-3)14-11(15-10)19-4/h5H,6H2,1-4H3,(H2,12,13,14,15). The van der Waals surface area contributed by atoms with Crippen LogP contribution < -0.4 is 10.6 Å². The third-order valence-electron chi connectivity index (χ3n) is 2.25. The van der Waals surface area contributed by atoms with Gasteiger partial charge in [0.1, 0.15) is 0 Å². The van der Waals surface area contributed by atoms with Gasteiger partial charge in [-0.1, -0.05) is 23.4 Å². The summed E-state index contributed by atoms with van der Waals surface area (Å²) in [5.41, 5.74) is 0.991. The monoisotopic (exact) mass is 283 g/mol. The van der Waals surface area contributed by atoms with Crippen LogP contribution in [0.15, 0.2) is 16.8 Å². The van der Waals surface area contributed by atoms with Gasteiger partial charge in [0, 0.05) is 13.6 Å². The van der Waals surface area contributed by atoms with Crippen LogP contribution in [-0.4, -0.2) is 34.7 Å². The molecule has 0 aliphatic heterocycles. The highest BCUT2D eigenvalue weighted by molar-refractivity contribution is 7.98. The fourth-order valence-electron chi connectivity index (χ4n) is 1.35. The molecule has 0 aromatic carbocycles.